The van der Waals surface area contributed by atoms with E-state index in [4.69, 9.17) is 10.5 Å². The largest absolute Gasteiger partial charge is 0.458 e. The Bertz CT molecular complexity index is 952. The lowest BCUT2D eigenvalue weighted by Gasteiger charge is -2.36. The van der Waals surface area contributed by atoms with E-state index in [9.17, 15) is 18.4 Å². The number of hydrogen-bond donors (Lipinski definition) is 3. The summed E-state index contributed by atoms with van der Waals surface area (Å²) in [5.41, 5.74) is 12.1. The number of nitrogens with two attached hydrogens (primary N) is 1. The number of nitrogens with zero attached hydrogens (tertiary/aromatic N) is 1. The molecule has 2 aromatic carbocycles. The van der Waals surface area contributed by atoms with E-state index in [0.717, 1.165) is 11.6 Å². The van der Waals surface area contributed by atoms with E-state index in [1.165, 1.54) is 18.2 Å². The van der Waals surface area contributed by atoms with Crippen LogP contribution in [0.3, 0.4) is 0 Å². The van der Waals surface area contributed by atoms with Gasteiger partial charge in [0.15, 0.2) is 6.23 Å². The molecular formula is C20H17F3N4O. The summed E-state index contributed by atoms with van der Waals surface area (Å²) in [5, 5.41) is 9.67. The van der Waals surface area contributed by atoms with Crippen LogP contribution >= 0.6 is 0 Å². The van der Waals surface area contributed by atoms with Gasteiger partial charge in [0.1, 0.15) is 6.07 Å². The van der Waals surface area contributed by atoms with Crippen molar-refractivity contribution in [1.82, 2.24) is 10.9 Å². The molecule has 1 fully saturated rings. The first-order valence-corrected chi connectivity index (χ1v) is 8.70. The number of nitriles is 1. The second-order valence-electron chi connectivity index (χ2n) is 6.75. The van der Waals surface area contributed by atoms with Gasteiger partial charge in [0.2, 0.25) is 5.88 Å². The van der Waals surface area contributed by atoms with E-state index >= 15 is 0 Å². The number of alkyl halides is 3. The number of rotatable bonds is 2. The van der Waals surface area contributed by atoms with Crippen molar-refractivity contribution in [3.63, 3.8) is 0 Å². The molecule has 8 heteroatoms. The summed E-state index contributed by atoms with van der Waals surface area (Å²) in [6, 6.07) is 16.2. The first-order chi connectivity index (χ1) is 13.4. The summed E-state index contributed by atoms with van der Waals surface area (Å²) in [5.74, 6) is -1.55. The number of allylic oxidation sites excluding steroid dienone is 1. The summed E-state index contributed by atoms with van der Waals surface area (Å²) in [4.78, 5) is 0. The van der Waals surface area contributed by atoms with Crippen molar-refractivity contribution in [3.8, 4) is 6.07 Å². The summed E-state index contributed by atoms with van der Waals surface area (Å²) in [6.07, 6.45) is -5.23. The molecular weight excluding hydrogens is 369 g/mol. The van der Waals surface area contributed by atoms with Crippen molar-refractivity contribution >= 4 is 0 Å². The lowest BCUT2D eigenvalue weighted by molar-refractivity contribution is -0.138. The Morgan fingerprint density at radius 3 is 2.36 bits per heavy atom. The van der Waals surface area contributed by atoms with Gasteiger partial charge in [-0.15, -0.1) is 0 Å². The van der Waals surface area contributed by atoms with Gasteiger partial charge in [0.25, 0.3) is 0 Å². The maximum Gasteiger partial charge on any atom is 0.416 e. The fourth-order valence-electron chi connectivity index (χ4n) is 4.04. The molecule has 1 saturated heterocycles. The van der Waals surface area contributed by atoms with Crippen LogP contribution in [-0.2, 0) is 10.9 Å². The predicted molar refractivity (Wildman–Crippen MR) is 94.8 cm³/mol. The average Bonchev–Trinajstić information content (AvgIpc) is 3.10. The molecule has 144 valence electrons. The number of ether oxygens (including phenoxy) is 1. The van der Waals surface area contributed by atoms with Crippen LogP contribution in [-0.4, -0.2) is 6.23 Å². The highest BCUT2D eigenvalue weighted by Crippen LogP contribution is 2.49. The minimum Gasteiger partial charge on any atom is -0.458 e. The molecule has 0 amide bonds. The fraction of sp³-hybridized carbons (Fsp3) is 0.250. The molecule has 4 unspecified atom stereocenters. The molecule has 0 spiro atoms. The highest BCUT2D eigenvalue weighted by atomic mass is 19.4. The molecule has 5 nitrogen and oxygen atoms in total. The second-order valence-corrected chi connectivity index (χ2v) is 6.75. The predicted octanol–water partition coefficient (Wildman–Crippen LogP) is 3.30. The average molecular weight is 386 g/mol. The number of benzene rings is 2. The monoisotopic (exact) mass is 386 g/mol. The van der Waals surface area contributed by atoms with Crippen molar-refractivity contribution in [2.24, 2.45) is 11.7 Å². The minimum atomic E-state index is -4.55. The molecule has 2 heterocycles. The standard InChI is InChI=1S/C20H17F3N4O/c21-20(22,23)14-9-5-4-8-12(14)15-13(10-24)18(25)28-19-16(15)17(26-27-19)11-6-2-1-3-7-11/h1-9,15-17,19,26-27H,25H2. The zero-order chi connectivity index (χ0) is 19.9. The molecule has 2 aliphatic rings. The van der Waals surface area contributed by atoms with E-state index in [1.54, 1.807) is 0 Å². The molecule has 0 saturated carbocycles. The van der Waals surface area contributed by atoms with Crippen molar-refractivity contribution in [2.45, 2.75) is 24.4 Å². The highest BCUT2D eigenvalue weighted by molar-refractivity contribution is 5.46. The molecule has 0 radical (unpaired) electrons. The van der Waals surface area contributed by atoms with Crippen molar-refractivity contribution in [2.75, 3.05) is 0 Å². The maximum atomic E-state index is 13.7. The number of fused-ring (bicyclic) bond motifs is 1. The van der Waals surface area contributed by atoms with E-state index in [1.807, 2.05) is 36.4 Å². The first-order valence-electron chi connectivity index (χ1n) is 8.70. The number of halogens is 3. The van der Waals surface area contributed by atoms with Crippen LogP contribution in [0, 0.1) is 17.2 Å². The molecule has 4 N–H and O–H groups in total. The van der Waals surface area contributed by atoms with Gasteiger partial charge in [-0.05, 0) is 17.2 Å². The van der Waals surface area contributed by atoms with Crippen LogP contribution in [0.25, 0.3) is 0 Å². The van der Waals surface area contributed by atoms with Gasteiger partial charge in [-0.1, -0.05) is 48.5 Å². The van der Waals surface area contributed by atoms with Crippen LogP contribution in [0.2, 0.25) is 0 Å². The summed E-state index contributed by atoms with van der Waals surface area (Å²) < 4.78 is 46.7. The highest BCUT2D eigenvalue weighted by Gasteiger charge is 2.51. The first kappa shape index (κ1) is 18.3. The number of hydrogen-bond acceptors (Lipinski definition) is 5. The topological polar surface area (TPSA) is 83.1 Å². The Kier molecular flexibility index (Phi) is 4.49. The fourth-order valence-corrected chi connectivity index (χ4v) is 4.04. The molecule has 0 bridgehead atoms. The molecule has 0 aliphatic carbocycles. The Hall–Kier alpha value is -3.02. The van der Waals surface area contributed by atoms with Crippen molar-refractivity contribution < 1.29 is 17.9 Å². The third-order valence-corrected chi connectivity index (χ3v) is 5.21. The van der Waals surface area contributed by atoms with Gasteiger partial charge < -0.3 is 10.5 Å². The zero-order valence-corrected chi connectivity index (χ0v) is 14.6. The quantitative estimate of drug-likeness (QED) is 0.738. The molecule has 4 rings (SSSR count). The van der Waals surface area contributed by atoms with Crippen LogP contribution in [0.15, 0.2) is 66.1 Å². The maximum absolute atomic E-state index is 13.7. The van der Waals surface area contributed by atoms with Gasteiger partial charge >= 0.3 is 6.18 Å². The van der Waals surface area contributed by atoms with Gasteiger partial charge in [-0.3, -0.25) is 0 Å². The Labute approximate surface area is 159 Å². The van der Waals surface area contributed by atoms with Gasteiger partial charge in [0, 0.05) is 11.8 Å². The summed E-state index contributed by atoms with van der Waals surface area (Å²) in [6.45, 7) is 0. The molecule has 2 aliphatic heterocycles. The summed E-state index contributed by atoms with van der Waals surface area (Å²) in [7, 11) is 0. The van der Waals surface area contributed by atoms with Crippen LogP contribution in [0.4, 0.5) is 13.2 Å². The Morgan fingerprint density at radius 1 is 1.00 bits per heavy atom. The molecule has 2 aromatic rings. The lowest BCUT2D eigenvalue weighted by atomic mass is 9.73. The zero-order valence-electron chi connectivity index (χ0n) is 14.6. The van der Waals surface area contributed by atoms with E-state index in [2.05, 4.69) is 10.9 Å². The Balaban J connectivity index is 1.89. The van der Waals surface area contributed by atoms with Gasteiger partial charge in [0.05, 0.1) is 17.2 Å². The van der Waals surface area contributed by atoms with E-state index in [-0.39, 0.29) is 23.1 Å². The smallest absolute Gasteiger partial charge is 0.416 e. The van der Waals surface area contributed by atoms with Crippen LogP contribution in [0.5, 0.6) is 0 Å². The number of nitrogens with one attached hydrogen (secondary N) is 2. The third kappa shape index (κ3) is 2.99. The van der Waals surface area contributed by atoms with Gasteiger partial charge in [-0.25, -0.2) is 10.9 Å². The molecule has 28 heavy (non-hydrogen) atoms. The minimum absolute atomic E-state index is 0.00406. The normalized spacial score (nSPS) is 27.1. The van der Waals surface area contributed by atoms with Gasteiger partial charge in [-0.2, -0.15) is 18.4 Å². The van der Waals surface area contributed by atoms with Crippen molar-refractivity contribution in [3.05, 3.63) is 82.7 Å². The van der Waals surface area contributed by atoms with Crippen LogP contribution < -0.4 is 16.6 Å². The van der Waals surface area contributed by atoms with E-state index in [0.29, 0.717) is 0 Å². The van der Waals surface area contributed by atoms with Crippen LogP contribution in [0.1, 0.15) is 28.7 Å². The van der Waals surface area contributed by atoms with Crippen molar-refractivity contribution in [1.29, 1.82) is 5.26 Å². The number of hydrazine groups is 1. The molecule has 4 atom stereocenters. The summed E-state index contributed by atoms with van der Waals surface area (Å²) >= 11 is 0. The second kappa shape index (κ2) is 6.86. The Morgan fingerprint density at radius 2 is 1.68 bits per heavy atom. The molecule has 0 aromatic heterocycles. The lowest BCUT2D eigenvalue weighted by Crippen LogP contribution is -2.41. The SMILES string of the molecule is N#CC1=C(N)OC2NNC(c3ccccc3)C2C1c1ccccc1C(F)(F)F. The third-order valence-electron chi connectivity index (χ3n) is 5.21. The van der Waals surface area contributed by atoms with E-state index < -0.39 is 29.8 Å².